The SMILES string of the molecule is Oc1ccc(-c2nnn(-c3cccc(F)c3)n2)cc1. The van der Waals surface area contributed by atoms with Gasteiger partial charge in [-0.2, -0.15) is 0 Å². The lowest BCUT2D eigenvalue weighted by Gasteiger charge is -1.97. The molecule has 0 saturated heterocycles. The van der Waals surface area contributed by atoms with E-state index in [-0.39, 0.29) is 11.6 Å². The number of rotatable bonds is 2. The van der Waals surface area contributed by atoms with E-state index in [2.05, 4.69) is 15.4 Å². The first-order chi connectivity index (χ1) is 9.22. The first-order valence-electron chi connectivity index (χ1n) is 5.58. The van der Waals surface area contributed by atoms with Crippen LogP contribution < -0.4 is 0 Å². The van der Waals surface area contributed by atoms with Crippen LogP contribution in [0.1, 0.15) is 0 Å². The summed E-state index contributed by atoms with van der Waals surface area (Å²) in [5, 5.41) is 21.2. The van der Waals surface area contributed by atoms with Gasteiger partial charge in [0.1, 0.15) is 11.6 Å². The van der Waals surface area contributed by atoms with Crippen molar-refractivity contribution in [3.05, 3.63) is 54.3 Å². The number of aromatic nitrogens is 4. The zero-order valence-corrected chi connectivity index (χ0v) is 9.73. The van der Waals surface area contributed by atoms with Crippen molar-refractivity contribution >= 4 is 0 Å². The maximum atomic E-state index is 13.1. The maximum absolute atomic E-state index is 13.1. The molecule has 0 atom stereocenters. The average molecular weight is 256 g/mol. The van der Waals surface area contributed by atoms with Gasteiger partial charge in [0.15, 0.2) is 0 Å². The molecule has 0 radical (unpaired) electrons. The predicted octanol–water partition coefficient (Wildman–Crippen LogP) is 2.17. The summed E-state index contributed by atoms with van der Waals surface area (Å²) >= 11 is 0. The number of tetrazole rings is 1. The van der Waals surface area contributed by atoms with Gasteiger partial charge >= 0.3 is 0 Å². The Labute approximate surface area is 107 Å². The van der Waals surface area contributed by atoms with Crippen molar-refractivity contribution in [2.24, 2.45) is 0 Å². The fourth-order valence-electron chi connectivity index (χ4n) is 1.65. The molecule has 1 aromatic heterocycles. The van der Waals surface area contributed by atoms with Crippen LogP contribution in [0.25, 0.3) is 17.1 Å². The lowest BCUT2D eigenvalue weighted by atomic mass is 10.2. The second-order valence-electron chi connectivity index (χ2n) is 3.93. The molecule has 0 aliphatic rings. The molecule has 0 bridgehead atoms. The number of halogens is 1. The standard InChI is InChI=1S/C13H9FN4O/c14-10-2-1-3-11(8-10)18-16-13(15-17-18)9-4-6-12(19)7-5-9/h1-8,19H. The van der Waals surface area contributed by atoms with Crippen LogP contribution in [0.4, 0.5) is 4.39 Å². The second kappa shape index (κ2) is 4.49. The zero-order valence-electron chi connectivity index (χ0n) is 9.73. The van der Waals surface area contributed by atoms with E-state index < -0.39 is 0 Å². The van der Waals surface area contributed by atoms with Crippen molar-refractivity contribution < 1.29 is 9.50 Å². The molecule has 2 aromatic carbocycles. The number of nitrogens with zero attached hydrogens (tertiary/aromatic N) is 4. The third kappa shape index (κ3) is 2.28. The summed E-state index contributed by atoms with van der Waals surface area (Å²) in [6.45, 7) is 0. The maximum Gasteiger partial charge on any atom is 0.205 e. The molecule has 0 aliphatic carbocycles. The molecule has 0 unspecified atom stereocenters. The minimum absolute atomic E-state index is 0.168. The molecule has 1 heterocycles. The summed E-state index contributed by atoms with van der Waals surface area (Å²) in [5.41, 5.74) is 1.22. The highest BCUT2D eigenvalue weighted by molar-refractivity contribution is 5.55. The molecule has 19 heavy (non-hydrogen) atoms. The third-order valence-corrected chi connectivity index (χ3v) is 2.58. The van der Waals surface area contributed by atoms with Gasteiger partial charge in [0.25, 0.3) is 0 Å². The van der Waals surface area contributed by atoms with Crippen molar-refractivity contribution in [1.82, 2.24) is 20.2 Å². The summed E-state index contributed by atoms with van der Waals surface area (Å²) < 4.78 is 13.1. The van der Waals surface area contributed by atoms with Gasteiger partial charge in [0, 0.05) is 11.6 Å². The van der Waals surface area contributed by atoms with Gasteiger partial charge in [0.05, 0.1) is 5.69 Å². The lowest BCUT2D eigenvalue weighted by molar-refractivity contribution is 0.475. The number of benzene rings is 2. The third-order valence-electron chi connectivity index (χ3n) is 2.58. The predicted molar refractivity (Wildman–Crippen MR) is 66.2 cm³/mol. The van der Waals surface area contributed by atoms with Crippen LogP contribution in [0.5, 0.6) is 5.75 Å². The monoisotopic (exact) mass is 256 g/mol. The zero-order chi connectivity index (χ0) is 13.2. The smallest absolute Gasteiger partial charge is 0.205 e. The summed E-state index contributed by atoms with van der Waals surface area (Å²) in [6.07, 6.45) is 0. The topological polar surface area (TPSA) is 63.8 Å². The number of phenols is 1. The van der Waals surface area contributed by atoms with E-state index in [0.29, 0.717) is 11.5 Å². The second-order valence-corrected chi connectivity index (χ2v) is 3.93. The molecule has 0 spiro atoms. The van der Waals surface area contributed by atoms with E-state index in [4.69, 9.17) is 0 Å². The van der Waals surface area contributed by atoms with Gasteiger partial charge in [-0.15, -0.1) is 15.0 Å². The molecule has 0 fully saturated rings. The van der Waals surface area contributed by atoms with Crippen LogP contribution >= 0.6 is 0 Å². The minimum atomic E-state index is -0.360. The molecule has 94 valence electrons. The normalized spacial score (nSPS) is 10.6. The van der Waals surface area contributed by atoms with Crippen molar-refractivity contribution in [1.29, 1.82) is 0 Å². The number of aromatic hydroxyl groups is 1. The molecule has 0 saturated carbocycles. The van der Waals surface area contributed by atoms with Gasteiger partial charge < -0.3 is 5.11 Å². The van der Waals surface area contributed by atoms with E-state index in [1.807, 2.05) is 0 Å². The average Bonchev–Trinajstić information content (AvgIpc) is 2.89. The van der Waals surface area contributed by atoms with Crippen molar-refractivity contribution in [3.8, 4) is 22.8 Å². The first-order valence-corrected chi connectivity index (χ1v) is 5.58. The summed E-state index contributed by atoms with van der Waals surface area (Å²) in [4.78, 5) is 1.26. The quantitative estimate of drug-likeness (QED) is 0.763. The Kier molecular flexibility index (Phi) is 2.68. The van der Waals surface area contributed by atoms with Crippen LogP contribution in [0.3, 0.4) is 0 Å². The van der Waals surface area contributed by atoms with E-state index in [1.165, 1.54) is 29.1 Å². The molecule has 5 nitrogen and oxygen atoms in total. The molecule has 6 heteroatoms. The van der Waals surface area contributed by atoms with Crippen molar-refractivity contribution in [2.45, 2.75) is 0 Å². The molecule has 0 aliphatic heterocycles. The Morgan fingerprint density at radius 3 is 2.58 bits per heavy atom. The summed E-state index contributed by atoms with van der Waals surface area (Å²) in [6, 6.07) is 12.4. The molecule has 1 N–H and O–H groups in total. The first kappa shape index (κ1) is 11.3. The van der Waals surface area contributed by atoms with Gasteiger partial charge in [0.2, 0.25) is 5.82 Å². The van der Waals surface area contributed by atoms with Crippen LogP contribution in [-0.4, -0.2) is 25.3 Å². The molecule has 3 aromatic rings. The number of hydrogen-bond donors (Lipinski definition) is 1. The van der Waals surface area contributed by atoms with Crippen LogP contribution in [0.2, 0.25) is 0 Å². The van der Waals surface area contributed by atoms with E-state index >= 15 is 0 Å². The van der Waals surface area contributed by atoms with Crippen molar-refractivity contribution in [2.75, 3.05) is 0 Å². The molecular formula is C13H9FN4O. The molecular weight excluding hydrogens is 247 g/mol. The Balaban J connectivity index is 1.97. The molecule has 0 amide bonds. The largest absolute Gasteiger partial charge is 0.508 e. The van der Waals surface area contributed by atoms with Gasteiger partial charge in [-0.25, -0.2) is 4.39 Å². The highest BCUT2D eigenvalue weighted by Crippen LogP contribution is 2.18. The van der Waals surface area contributed by atoms with E-state index in [0.717, 1.165) is 5.56 Å². The fraction of sp³-hybridized carbons (Fsp3) is 0. The Bertz CT molecular complexity index is 709. The highest BCUT2D eigenvalue weighted by Gasteiger charge is 2.07. The number of phenolic OH excluding ortho intramolecular Hbond substituents is 1. The Hall–Kier alpha value is -2.76. The Morgan fingerprint density at radius 1 is 1.05 bits per heavy atom. The van der Waals surface area contributed by atoms with Crippen LogP contribution in [0, 0.1) is 5.82 Å². The number of hydrogen-bond acceptors (Lipinski definition) is 4. The van der Waals surface area contributed by atoms with Gasteiger partial charge in [-0.05, 0) is 41.6 Å². The van der Waals surface area contributed by atoms with E-state index in [1.54, 1.807) is 24.3 Å². The summed E-state index contributed by atoms with van der Waals surface area (Å²) in [5.74, 6) is 0.214. The van der Waals surface area contributed by atoms with Gasteiger partial charge in [-0.3, -0.25) is 0 Å². The minimum Gasteiger partial charge on any atom is -0.508 e. The highest BCUT2D eigenvalue weighted by atomic mass is 19.1. The van der Waals surface area contributed by atoms with Crippen molar-refractivity contribution in [3.63, 3.8) is 0 Å². The lowest BCUT2D eigenvalue weighted by Crippen LogP contribution is -1.99. The van der Waals surface area contributed by atoms with Crippen LogP contribution in [-0.2, 0) is 0 Å². The van der Waals surface area contributed by atoms with Crippen LogP contribution in [0.15, 0.2) is 48.5 Å². The molecule has 3 rings (SSSR count). The van der Waals surface area contributed by atoms with E-state index in [9.17, 15) is 9.50 Å². The van der Waals surface area contributed by atoms with Gasteiger partial charge in [-0.1, -0.05) is 6.07 Å². The Morgan fingerprint density at radius 2 is 1.84 bits per heavy atom. The summed E-state index contributed by atoms with van der Waals surface area (Å²) in [7, 11) is 0. The fourth-order valence-corrected chi connectivity index (χ4v) is 1.65.